The van der Waals surface area contributed by atoms with E-state index in [-0.39, 0.29) is 11.9 Å². The number of anilines is 1. The van der Waals surface area contributed by atoms with Crippen molar-refractivity contribution < 1.29 is 9.13 Å². The fourth-order valence-corrected chi connectivity index (χ4v) is 2.21. The molecule has 0 amide bonds. The Kier molecular flexibility index (Phi) is 5.38. The largest absolute Gasteiger partial charge is 0.377 e. The van der Waals surface area contributed by atoms with Crippen molar-refractivity contribution in [2.24, 2.45) is 0 Å². The summed E-state index contributed by atoms with van der Waals surface area (Å²) in [6.07, 6.45) is 2.69. The molecule has 1 fully saturated rings. The molecule has 1 aromatic rings. The molecule has 20 heavy (non-hydrogen) atoms. The predicted octanol–water partition coefficient (Wildman–Crippen LogP) is 2.94. The Labute approximate surface area is 121 Å². The van der Waals surface area contributed by atoms with Crippen molar-refractivity contribution in [2.45, 2.75) is 45.4 Å². The number of para-hydroxylation sites is 1. The van der Waals surface area contributed by atoms with Crippen LogP contribution in [0, 0.1) is 5.82 Å². The first kappa shape index (κ1) is 15.3. The summed E-state index contributed by atoms with van der Waals surface area (Å²) in [6, 6.07) is 5.92. The van der Waals surface area contributed by atoms with Crippen molar-refractivity contribution in [3.05, 3.63) is 29.6 Å². The van der Waals surface area contributed by atoms with Crippen LogP contribution in [0.1, 0.15) is 32.3 Å². The van der Waals surface area contributed by atoms with Crippen LogP contribution in [0.25, 0.3) is 0 Å². The van der Waals surface area contributed by atoms with Crippen molar-refractivity contribution in [1.82, 2.24) is 5.32 Å². The molecule has 0 unspecified atom stereocenters. The van der Waals surface area contributed by atoms with E-state index < -0.39 is 0 Å². The quantitative estimate of drug-likeness (QED) is 0.792. The predicted molar refractivity (Wildman–Crippen MR) is 80.6 cm³/mol. The van der Waals surface area contributed by atoms with E-state index in [1.807, 2.05) is 31.9 Å². The molecule has 3 nitrogen and oxygen atoms in total. The number of ether oxygens (including phenoxy) is 1. The minimum Gasteiger partial charge on any atom is -0.377 e. The lowest BCUT2D eigenvalue weighted by Crippen LogP contribution is -2.27. The Balaban J connectivity index is 1.99. The number of hydrogen-bond donors (Lipinski definition) is 1. The van der Waals surface area contributed by atoms with Gasteiger partial charge in [0, 0.05) is 26.2 Å². The van der Waals surface area contributed by atoms with Crippen LogP contribution in [0.5, 0.6) is 0 Å². The Morgan fingerprint density at radius 3 is 2.80 bits per heavy atom. The van der Waals surface area contributed by atoms with Crippen molar-refractivity contribution >= 4 is 5.69 Å². The Hall–Kier alpha value is -1.13. The molecule has 1 aromatic carbocycles. The zero-order valence-electron chi connectivity index (χ0n) is 12.7. The van der Waals surface area contributed by atoms with Gasteiger partial charge in [-0.2, -0.15) is 0 Å². The molecule has 0 radical (unpaired) electrons. The van der Waals surface area contributed by atoms with Crippen LogP contribution in [-0.4, -0.2) is 32.3 Å². The molecule has 1 aliphatic rings. The number of hydrogen-bond acceptors (Lipinski definition) is 3. The topological polar surface area (TPSA) is 24.5 Å². The van der Waals surface area contributed by atoms with E-state index in [0.29, 0.717) is 24.9 Å². The second-order valence-electron chi connectivity index (χ2n) is 5.74. The van der Waals surface area contributed by atoms with Crippen LogP contribution in [0.15, 0.2) is 18.2 Å². The van der Waals surface area contributed by atoms with E-state index in [1.165, 1.54) is 18.9 Å². The van der Waals surface area contributed by atoms with Gasteiger partial charge >= 0.3 is 0 Å². The average Bonchev–Trinajstić information content (AvgIpc) is 3.19. The highest BCUT2D eigenvalue weighted by atomic mass is 19.1. The number of rotatable bonds is 8. The minimum atomic E-state index is -0.160. The van der Waals surface area contributed by atoms with E-state index in [4.69, 9.17) is 4.74 Å². The third-order valence-electron chi connectivity index (χ3n) is 3.49. The van der Waals surface area contributed by atoms with Crippen LogP contribution in [0.3, 0.4) is 0 Å². The monoisotopic (exact) mass is 280 g/mol. The standard InChI is InChI=1S/C16H25FN2O/c1-12(2)20-10-9-19(3)16-13(5-4-6-15(16)17)11-18-14-7-8-14/h4-6,12,14,18H,7-11H2,1-3H3. The number of nitrogens with one attached hydrogen (secondary N) is 1. The molecule has 4 heteroatoms. The Morgan fingerprint density at radius 2 is 2.15 bits per heavy atom. The van der Waals surface area contributed by atoms with Gasteiger partial charge in [0.25, 0.3) is 0 Å². The number of halogens is 1. The van der Waals surface area contributed by atoms with Gasteiger partial charge in [0.1, 0.15) is 5.82 Å². The maximum atomic E-state index is 14.1. The summed E-state index contributed by atoms with van der Waals surface area (Å²) in [5.74, 6) is -0.160. The van der Waals surface area contributed by atoms with Gasteiger partial charge < -0.3 is 15.0 Å². The molecule has 0 saturated heterocycles. The molecule has 2 rings (SSSR count). The molecular formula is C16H25FN2O. The number of nitrogens with zero attached hydrogens (tertiary/aromatic N) is 1. The van der Waals surface area contributed by atoms with Crippen molar-refractivity contribution in [2.75, 3.05) is 25.1 Å². The first-order chi connectivity index (χ1) is 9.58. The first-order valence-corrected chi connectivity index (χ1v) is 7.41. The van der Waals surface area contributed by atoms with Gasteiger partial charge in [-0.25, -0.2) is 4.39 Å². The molecule has 0 heterocycles. The summed E-state index contributed by atoms with van der Waals surface area (Å²) in [5, 5.41) is 3.45. The van der Waals surface area contributed by atoms with Crippen molar-refractivity contribution in [1.29, 1.82) is 0 Å². The van der Waals surface area contributed by atoms with E-state index in [9.17, 15) is 4.39 Å². The molecular weight excluding hydrogens is 255 g/mol. The normalized spacial score (nSPS) is 14.8. The third-order valence-corrected chi connectivity index (χ3v) is 3.49. The Morgan fingerprint density at radius 1 is 1.40 bits per heavy atom. The fraction of sp³-hybridized carbons (Fsp3) is 0.625. The summed E-state index contributed by atoms with van der Waals surface area (Å²) in [4.78, 5) is 1.95. The SMILES string of the molecule is CC(C)OCCN(C)c1c(F)cccc1CNC1CC1. The van der Waals surface area contributed by atoms with Gasteiger partial charge in [0.15, 0.2) is 0 Å². The van der Waals surface area contributed by atoms with Gasteiger partial charge in [-0.1, -0.05) is 12.1 Å². The van der Waals surface area contributed by atoms with E-state index in [1.54, 1.807) is 6.07 Å². The molecule has 0 aliphatic heterocycles. The molecule has 1 saturated carbocycles. The lowest BCUT2D eigenvalue weighted by molar-refractivity contribution is 0.0845. The van der Waals surface area contributed by atoms with E-state index in [0.717, 1.165) is 12.1 Å². The van der Waals surface area contributed by atoms with Crippen LogP contribution in [0.4, 0.5) is 10.1 Å². The van der Waals surface area contributed by atoms with Crippen LogP contribution in [-0.2, 0) is 11.3 Å². The third kappa shape index (κ3) is 4.46. The van der Waals surface area contributed by atoms with Crippen LogP contribution in [0.2, 0.25) is 0 Å². The molecule has 0 aromatic heterocycles. The van der Waals surface area contributed by atoms with E-state index >= 15 is 0 Å². The summed E-state index contributed by atoms with van der Waals surface area (Å²) in [6.45, 7) is 6.04. The van der Waals surface area contributed by atoms with Gasteiger partial charge in [0.2, 0.25) is 0 Å². The summed E-state index contributed by atoms with van der Waals surface area (Å²) >= 11 is 0. The van der Waals surface area contributed by atoms with E-state index in [2.05, 4.69) is 5.32 Å². The zero-order valence-corrected chi connectivity index (χ0v) is 12.7. The van der Waals surface area contributed by atoms with Gasteiger partial charge in [-0.3, -0.25) is 0 Å². The summed E-state index contributed by atoms with van der Waals surface area (Å²) in [7, 11) is 1.92. The highest BCUT2D eigenvalue weighted by Crippen LogP contribution is 2.25. The second kappa shape index (κ2) is 7.04. The zero-order chi connectivity index (χ0) is 14.5. The van der Waals surface area contributed by atoms with Crippen molar-refractivity contribution in [3.8, 4) is 0 Å². The molecule has 0 atom stereocenters. The number of benzene rings is 1. The van der Waals surface area contributed by atoms with Crippen LogP contribution >= 0.6 is 0 Å². The van der Waals surface area contributed by atoms with Crippen molar-refractivity contribution in [3.63, 3.8) is 0 Å². The maximum Gasteiger partial charge on any atom is 0.146 e. The smallest absolute Gasteiger partial charge is 0.146 e. The average molecular weight is 280 g/mol. The Bertz CT molecular complexity index is 432. The lowest BCUT2D eigenvalue weighted by atomic mass is 10.1. The molecule has 1 N–H and O–H groups in total. The number of likely N-dealkylation sites (N-methyl/N-ethyl adjacent to an activating group) is 1. The highest BCUT2D eigenvalue weighted by Gasteiger charge is 2.21. The molecule has 112 valence electrons. The second-order valence-corrected chi connectivity index (χ2v) is 5.74. The van der Waals surface area contributed by atoms with Gasteiger partial charge in [-0.05, 0) is 38.3 Å². The maximum absolute atomic E-state index is 14.1. The first-order valence-electron chi connectivity index (χ1n) is 7.41. The minimum absolute atomic E-state index is 0.160. The summed E-state index contributed by atoms with van der Waals surface area (Å²) < 4.78 is 19.7. The summed E-state index contributed by atoms with van der Waals surface area (Å²) in [5.41, 5.74) is 1.71. The molecule has 0 bridgehead atoms. The lowest BCUT2D eigenvalue weighted by Gasteiger charge is -2.23. The molecule has 0 spiro atoms. The van der Waals surface area contributed by atoms with Gasteiger partial charge in [-0.15, -0.1) is 0 Å². The highest BCUT2D eigenvalue weighted by molar-refractivity contribution is 5.54. The molecule has 1 aliphatic carbocycles. The van der Waals surface area contributed by atoms with Crippen LogP contribution < -0.4 is 10.2 Å². The fourth-order valence-electron chi connectivity index (χ4n) is 2.21. The van der Waals surface area contributed by atoms with Gasteiger partial charge in [0.05, 0.1) is 18.4 Å².